The second kappa shape index (κ2) is 13.3. The summed E-state index contributed by atoms with van der Waals surface area (Å²) in [4.78, 5) is 28.4. The van der Waals surface area contributed by atoms with Crippen LogP contribution in [0.2, 0.25) is 0 Å². The topological polar surface area (TPSA) is 102 Å². The average Bonchev–Trinajstić information content (AvgIpc) is 3.65. The van der Waals surface area contributed by atoms with Crippen LogP contribution in [-0.2, 0) is 21.9 Å². The first-order valence-corrected chi connectivity index (χ1v) is 15.6. The molecule has 0 aliphatic carbocycles. The fourth-order valence-corrected chi connectivity index (χ4v) is 6.70. The number of benzene rings is 4. The standard InChI is InChI=1S/C34H26FN3O5S2/c1-42-25-15-13-23(14-16-25)30(39)28-29(22-11-17-26(18-12-22)43-19-21-7-3-2-4-8-21)38(32(41)31(28)40)33-36-37-34(45-33)44-20-24-9-5-6-10-27(24)35/h2-18,29,39H,19-20H2,1H3/b30-28-. The molecule has 1 unspecified atom stereocenters. The number of hydrogen-bond acceptors (Lipinski definition) is 9. The van der Waals surface area contributed by atoms with E-state index in [1.54, 1.807) is 66.7 Å². The van der Waals surface area contributed by atoms with Gasteiger partial charge in [-0.1, -0.05) is 83.8 Å². The fraction of sp³-hybridized carbons (Fsp3) is 0.118. The molecule has 45 heavy (non-hydrogen) atoms. The molecule has 8 nitrogen and oxygen atoms in total. The third-order valence-corrected chi connectivity index (χ3v) is 9.27. The number of aromatic nitrogens is 2. The van der Waals surface area contributed by atoms with Gasteiger partial charge in [0.05, 0.1) is 18.7 Å². The highest BCUT2D eigenvalue weighted by Gasteiger charge is 2.48. The quantitative estimate of drug-likeness (QED) is 0.0564. The second-order valence-corrected chi connectivity index (χ2v) is 12.1. The van der Waals surface area contributed by atoms with Crippen LogP contribution in [0.25, 0.3) is 5.76 Å². The van der Waals surface area contributed by atoms with E-state index in [0.717, 1.165) is 16.9 Å². The largest absolute Gasteiger partial charge is 0.507 e. The van der Waals surface area contributed by atoms with Crippen LogP contribution in [-0.4, -0.2) is 34.1 Å². The molecule has 1 aliphatic heterocycles. The number of halogens is 1. The van der Waals surface area contributed by atoms with Crippen molar-refractivity contribution in [3.8, 4) is 11.5 Å². The highest BCUT2D eigenvalue weighted by molar-refractivity contribution is 8.00. The zero-order valence-corrected chi connectivity index (χ0v) is 25.6. The summed E-state index contributed by atoms with van der Waals surface area (Å²) in [5.74, 6) is -0.872. The maximum absolute atomic E-state index is 14.2. The molecule has 1 aliphatic rings. The van der Waals surface area contributed by atoms with Crippen LogP contribution in [0.3, 0.4) is 0 Å². The minimum absolute atomic E-state index is 0.0844. The summed E-state index contributed by atoms with van der Waals surface area (Å²) in [7, 11) is 1.53. The van der Waals surface area contributed by atoms with E-state index in [4.69, 9.17) is 9.47 Å². The van der Waals surface area contributed by atoms with Crippen molar-refractivity contribution >= 4 is 45.7 Å². The third-order valence-electron chi connectivity index (χ3n) is 7.16. The normalized spacial score (nSPS) is 15.8. The van der Waals surface area contributed by atoms with Crippen LogP contribution in [0.15, 0.2) is 113 Å². The number of ketones is 1. The Morgan fingerprint density at radius 3 is 2.31 bits per heavy atom. The predicted octanol–water partition coefficient (Wildman–Crippen LogP) is 7.18. The first-order chi connectivity index (χ1) is 21.9. The van der Waals surface area contributed by atoms with Gasteiger partial charge in [0.2, 0.25) is 5.13 Å². The first kappa shape index (κ1) is 30.0. The van der Waals surface area contributed by atoms with Crippen molar-refractivity contribution in [3.63, 3.8) is 0 Å². The smallest absolute Gasteiger partial charge is 0.301 e. The monoisotopic (exact) mass is 639 g/mol. The van der Waals surface area contributed by atoms with Gasteiger partial charge in [-0.3, -0.25) is 14.5 Å². The zero-order valence-electron chi connectivity index (χ0n) is 23.9. The molecule has 0 saturated carbocycles. The number of Topliss-reactive ketones (excluding diaryl/α,β-unsaturated/α-hetero) is 1. The number of anilines is 1. The molecule has 6 rings (SSSR count). The van der Waals surface area contributed by atoms with Crippen LogP contribution < -0.4 is 14.4 Å². The van der Waals surface area contributed by atoms with Crippen molar-refractivity contribution < 1.29 is 28.6 Å². The Balaban J connectivity index is 1.34. The summed E-state index contributed by atoms with van der Waals surface area (Å²) in [6, 6.07) is 28.7. The van der Waals surface area contributed by atoms with E-state index < -0.39 is 17.7 Å². The molecule has 226 valence electrons. The van der Waals surface area contributed by atoms with Gasteiger partial charge in [-0.25, -0.2) is 4.39 Å². The molecule has 1 atom stereocenters. The maximum Gasteiger partial charge on any atom is 0.301 e. The van der Waals surface area contributed by atoms with Crippen LogP contribution in [0.5, 0.6) is 11.5 Å². The Hall–Kier alpha value is -5.00. The number of nitrogens with zero attached hydrogens (tertiary/aromatic N) is 3. The second-order valence-electron chi connectivity index (χ2n) is 9.97. The SMILES string of the molecule is COc1ccc(/C(O)=C2/C(=O)C(=O)N(c3nnc(SCc4ccccc4F)s3)C2c2ccc(OCc3ccccc3)cc2)cc1. The lowest BCUT2D eigenvalue weighted by Gasteiger charge is -2.22. The lowest BCUT2D eigenvalue weighted by atomic mass is 9.95. The first-order valence-electron chi connectivity index (χ1n) is 13.8. The van der Waals surface area contributed by atoms with Gasteiger partial charge in [0.25, 0.3) is 5.78 Å². The number of carbonyl (C=O) groups is 2. The lowest BCUT2D eigenvalue weighted by molar-refractivity contribution is -0.132. The van der Waals surface area contributed by atoms with Crippen molar-refractivity contribution in [2.75, 3.05) is 12.0 Å². The van der Waals surface area contributed by atoms with E-state index in [0.29, 0.717) is 44.9 Å². The van der Waals surface area contributed by atoms with Crippen molar-refractivity contribution in [2.45, 2.75) is 22.7 Å². The predicted molar refractivity (Wildman–Crippen MR) is 171 cm³/mol. The highest BCUT2D eigenvalue weighted by atomic mass is 32.2. The number of hydrogen-bond donors (Lipinski definition) is 1. The van der Waals surface area contributed by atoms with Crippen LogP contribution >= 0.6 is 23.1 Å². The molecular weight excluding hydrogens is 614 g/mol. The molecule has 4 aromatic carbocycles. The van der Waals surface area contributed by atoms with Gasteiger partial charge < -0.3 is 14.6 Å². The molecule has 1 saturated heterocycles. The number of amides is 1. The summed E-state index contributed by atoms with van der Waals surface area (Å²) < 4.78 is 25.8. The summed E-state index contributed by atoms with van der Waals surface area (Å²) in [6.07, 6.45) is 0. The summed E-state index contributed by atoms with van der Waals surface area (Å²) in [5.41, 5.74) is 2.34. The molecular formula is C34H26FN3O5S2. The van der Waals surface area contributed by atoms with Crippen molar-refractivity contribution in [2.24, 2.45) is 0 Å². The van der Waals surface area contributed by atoms with Gasteiger partial charge in [0, 0.05) is 11.3 Å². The number of aliphatic hydroxyl groups is 1. The Morgan fingerprint density at radius 2 is 1.60 bits per heavy atom. The van der Waals surface area contributed by atoms with E-state index >= 15 is 0 Å². The van der Waals surface area contributed by atoms with Crippen molar-refractivity contribution in [3.05, 3.63) is 137 Å². The Labute approximate surface area is 266 Å². The molecule has 0 spiro atoms. The number of methoxy groups -OCH3 is 1. The van der Waals surface area contributed by atoms with Crippen molar-refractivity contribution in [1.82, 2.24) is 10.2 Å². The maximum atomic E-state index is 14.2. The van der Waals surface area contributed by atoms with E-state index in [1.807, 2.05) is 30.3 Å². The molecule has 1 N–H and O–H groups in total. The summed E-state index contributed by atoms with van der Waals surface area (Å²) >= 11 is 2.38. The van der Waals surface area contributed by atoms with Gasteiger partial charge >= 0.3 is 5.91 Å². The summed E-state index contributed by atoms with van der Waals surface area (Å²) in [6.45, 7) is 0.369. The molecule has 5 aromatic rings. The Morgan fingerprint density at radius 1 is 0.911 bits per heavy atom. The number of thioether (sulfide) groups is 1. The third kappa shape index (κ3) is 6.45. The molecule has 11 heteroatoms. The minimum atomic E-state index is -0.993. The van der Waals surface area contributed by atoms with Gasteiger partial charge in [-0.15, -0.1) is 10.2 Å². The Kier molecular flexibility index (Phi) is 8.90. The van der Waals surface area contributed by atoms with E-state index in [2.05, 4.69) is 10.2 Å². The van der Waals surface area contributed by atoms with Gasteiger partial charge in [-0.05, 0) is 59.2 Å². The minimum Gasteiger partial charge on any atom is -0.507 e. The van der Waals surface area contributed by atoms with E-state index in [-0.39, 0.29) is 22.3 Å². The highest BCUT2D eigenvalue weighted by Crippen LogP contribution is 2.44. The van der Waals surface area contributed by atoms with Crippen LogP contribution in [0.4, 0.5) is 9.52 Å². The number of carbonyl (C=O) groups excluding carboxylic acids is 2. The average molecular weight is 640 g/mol. The van der Waals surface area contributed by atoms with E-state index in [1.165, 1.54) is 29.8 Å². The Bertz CT molecular complexity index is 1860. The lowest BCUT2D eigenvalue weighted by Crippen LogP contribution is -2.29. The number of aliphatic hydroxyl groups excluding tert-OH is 1. The van der Waals surface area contributed by atoms with Crippen LogP contribution in [0.1, 0.15) is 28.3 Å². The van der Waals surface area contributed by atoms with E-state index in [9.17, 15) is 19.1 Å². The number of rotatable bonds is 10. The van der Waals surface area contributed by atoms with Gasteiger partial charge in [-0.2, -0.15) is 0 Å². The molecule has 1 aromatic heterocycles. The zero-order chi connectivity index (χ0) is 31.3. The molecule has 0 radical (unpaired) electrons. The molecule has 2 heterocycles. The fourth-order valence-electron chi connectivity index (χ4n) is 4.85. The van der Waals surface area contributed by atoms with Gasteiger partial charge in [0.15, 0.2) is 4.34 Å². The number of ether oxygens (including phenoxy) is 2. The van der Waals surface area contributed by atoms with Gasteiger partial charge in [0.1, 0.15) is 29.7 Å². The summed E-state index contributed by atoms with van der Waals surface area (Å²) in [5, 5.41) is 20.0. The molecule has 1 fully saturated rings. The van der Waals surface area contributed by atoms with Crippen LogP contribution in [0, 0.1) is 5.82 Å². The van der Waals surface area contributed by atoms with Crippen molar-refractivity contribution in [1.29, 1.82) is 0 Å². The molecule has 0 bridgehead atoms. The molecule has 1 amide bonds.